The fourth-order valence-corrected chi connectivity index (χ4v) is 5.28. The summed E-state index contributed by atoms with van der Waals surface area (Å²) in [5, 5.41) is 19.6. The predicted octanol–water partition coefficient (Wildman–Crippen LogP) is 3.11. The molecule has 0 saturated heterocycles. The monoisotopic (exact) mass is 434 g/mol. The Morgan fingerprint density at radius 3 is 2.56 bits per heavy atom. The lowest BCUT2D eigenvalue weighted by molar-refractivity contribution is 0.0660. The maximum absolute atomic E-state index is 12.9. The van der Waals surface area contributed by atoms with Crippen molar-refractivity contribution in [2.75, 3.05) is 7.05 Å². The number of aromatic nitrogens is 2. The smallest absolute Gasteiger partial charge is 0.315 e. The summed E-state index contributed by atoms with van der Waals surface area (Å²) in [4.78, 5) is 31.2. The number of hydrogen-bond donors (Lipinski definition) is 1. The molecule has 0 unspecified atom stereocenters. The second-order valence-electron chi connectivity index (χ2n) is 9.30. The number of nitriles is 1. The molecule has 4 rings (SSSR count). The first-order valence-corrected chi connectivity index (χ1v) is 11.4. The van der Waals surface area contributed by atoms with Crippen LogP contribution in [0.5, 0.6) is 5.75 Å². The van der Waals surface area contributed by atoms with E-state index in [0.29, 0.717) is 25.2 Å². The van der Waals surface area contributed by atoms with Gasteiger partial charge in [0.1, 0.15) is 5.82 Å². The molecule has 1 N–H and O–H groups in total. The van der Waals surface area contributed by atoms with Crippen molar-refractivity contribution in [3.63, 3.8) is 0 Å². The molecule has 0 spiro atoms. The molecule has 2 aromatic rings. The van der Waals surface area contributed by atoms with Crippen LogP contribution in [0.2, 0.25) is 0 Å². The molecule has 1 aromatic carbocycles. The van der Waals surface area contributed by atoms with Crippen molar-refractivity contribution in [2.24, 2.45) is 0 Å². The molecule has 7 nitrogen and oxygen atoms in total. The summed E-state index contributed by atoms with van der Waals surface area (Å²) >= 11 is 0. The van der Waals surface area contributed by atoms with Gasteiger partial charge in [0, 0.05) is 31.5 Å². The van der Waals surface area contributed by atoms with Crippen LogP contribution in [0.4, 0.5) is 0 Å². The summed E-state index contributed by atoms with van der Waals surface area (Å²) in [5.74, 6) is -0.365. The minimum absolute atomic E-state index is 0.0428. The fraction of sp³-hybridized carbons (Fsp3) is 0.520. The number of likely N-dealkylation sites (N-methyl/N-ethyl adjacent to an activating group) is 1. The van der Waals surface area contributed by atoms with Crippen LogP contribution < -0.4 is 5.56 Å². The molecule has 0 bridgehead atoms. The maximum Gasteiger partial charge on any atom is 0.315 e. The van der Waals surface area contributed by atoms with Crippen molar-refractivity contribution in [1.82, 2.24) is 14.5 Å². The van der Waals surface area contributed by atoms with E-state index in [1.807, 2.05) is 6.92 Å². The highest BCUT2D eigenvalue weighted by molar-refractivity contribution is 5.95. The van der Waals surface area contributed by atoms with Gasteiger partial charge in [0.25, 0.3) is 5.91 Å². The maximum atomic E-state index is 12.9. The summed E-state index contributed by atoms with van der Waals surface area (Å²) in [6.45, 7) is 4.54. The Kier molecular flexibility index (Phi) is 5.81. The number of nitrogens with zero attached hydrogens (tertiary/aromatic N) is 4. The molecule has 32 heavy (non-hydrogen) atoms. The zero-order chi connectivity index (χ0) is 23.0. The molecule has 1 amide bonds. The number of aromatic hydroxyl groups is 1. The topological polar surface area (TPSA) is 99.2 Å². The van der Waals surface area contributed by atoms with Gasteiger partial charge in [-0.3, -0.25) is 9.59 Å². The molecule has 0 radical (unpaired) electrons. The van der Waals surface area contributed by atoms with E-state index < -0.39 is 11.3 Å². The van der Waals surface area contributed by atoms with E-state index in [2.05, 4.69) is 36.2 Å². The van der Waals surface area contributed by atoms with Crippen LogP contribution in [0.15, 0.2) is 23.0 Å². The molecule has 1 aliphatic heterocycles. The number of carbonyl (C=O) groups is 1. The van der Waals surface area contributed by atoms with Gasteiger partial charge < -0.3 is 14.6 Å². The number of rotatable bonds is 5. The van der Waals surface area contributed by atoms with Crippen LogP contribution in [-0.2, 0) is 31.2 Å². The average molecular weight is 435 g/mol. The zero-order valence-electron chi connectivity index (χ0n) is 19.0. The van der Waals surface area contributed by atoms with Crippen molar-refractivity contribution >= 4 is 5.91 Å². The molecule has 1 saturated carbocycles. The SMILES string of the molecule is CCc1cc(CC#N)cc(C2(Cc3nc(=O)c(O)c4n3C[C@H](C)N(C)C4=O)CCCC2)c1. The second kappa shape index (κ2) is 8.42. The number of amides is 1. The van der Waals surface area contributed by atoms with E-state index in [0.717, 1.165) is 37.7 Å². The summed E-state index contributed by atoms with van der Waals surface area (Å²) in [7, 11) is 1.69. The van der Waals surface area contributed by atoms with Crippen molar-refractivity contribution in [3.05, 3.63) is 56.8 Å². The Morgan fingerprint density at radius 1 is 1.22 bits per heavy atom. The van der Waals surface area contributed by atoms with E-state index in [9.17, 15) is 20.0 Å². The Hall–Kier alpha value is -3.14. The van der Waals surface area contributed by atoms with Crippen molar-refractivity contribution in [1.29, 1.82) is 5.26 Å². The first-order chi connectivity index (χ1) is 15.3. The van der Waals surface area contributed by atoms with Crippen LogP contribution in [0.1, 0.15) is 72.5 Å². The van der Waals surface area contributed by atoms with Crippen LogP contribution in [0, 0.1) is 11.3 Å². The molecule has 7 heteroatoms. The number of benzene rings is 1. The number of hydrogen-bond acceptors (Lipinski definition) is 5. The van der Waals surface area contributed by atoms with E-state index in [1.54, 1.807) is 16.5 Å². The largest absolute Gasteiger partial charge is 0.501 e. The minimum Gasteiger partial charge on any atom is -0.501 e. The van der Waals surface area contributed by atoms with Gasteiger partial charge in [0.15, 0.2) is 5.69 Å². The van der Waals surface area contributed by atoms with Gasteiger partial charge in [0.05, 0.1) is 12.5 Å². The molecular formula is C25H30N4O3. The first kappa shape index (κ1) is 22.1. The van der Waals surface area contributed by atoms with Gasteiger partial charge >= 0.3 is 5.56 Å². The van der Waals surface area contributed by atoms with Gasteiger partial charge in [-0.1, -0.05) is 38.0 Å². The van der Waals surface area contributed by atoms with E-state index in [4.69, 9.17) is 0 Å². The normalized spacial score (nSPS) is 19.6. The fourth-order valence-electron chi connectivity index (χ4n) is 5.28. The Labute approximate surface area is 188 Å². The van der Waals surface area contributed by atoms with Crippen LogP contribution >= 0.6 is 0 Å². The highest BCUT2D eigenvalue weighted by Gasteiger charge is 2.40. The first-order valence-electron chi connectivity index (χ1n) is 11.4. The molecule has 2 aliphatic rings. The molecule has 1 aromatic heterocycles. The van der Waals surface area contributed by atoms with Crippen LogP contribution in [-0.4, -0.2) is 38.6 Å². The lowest BCUT2D eigenvalue weighted by Crippen LogP contribution is -2.47. The summed E-state index contributed by atoms with van der Waals surface area (Å²) in [6.07, 6.45) is 5.85. The third-order valence-corrected chi connectivity index (χ3v) is 7.28. The number of fused-ring (bicyclic) bond motifs is 1. The van der Waals surface area contributed by atoms with Crippen LogP contribution in [0.25, 0.3) is 0 Å². The summed E-state index contributed by atoms with van der Waals surface area (Å²) < 4.78 is 1.75. The van der Waals surface area contributed by atoms with Gasteiger partial charge in [-0.2, -0.15) is 10.2 Å². The highest BCUT2D eigenvalue weighted by Crippen LogP contribution is 2.44. The summed E-state index contributed by atoms with van der Waals surface area (Å²) in [5.41, 5.74) is 2.48. The van der Waals surface area contributed by atoms with Gasteiger partial charge in [-0.25, -0.2) is 0 Å². The molecule has 1 fully saturated rings. The average Bonchev–Trinajstić information content (AvgIpc) is 3.25. The number of aryl methyl sites for hydroxylation is 1. The highest BCUT2D eigenvalue weighted by atomic mass is 16.3. The molecule has 2 heterocycles. The standard InChI is InChI=1S/C25H30N4O3/c1-4-17-11-18(7-10-26)13-19(12-17)25(8-5-6-9-25)14-20-27-23(31)22(30)21-24(32)28(3)16(2)15-29(20)21/h11-13,16,30H,4-9,14-15H2,1-3H3/t16-/m0/s1. The Bertz CT molecular complexity index is 1150. The quantitative estimate of drug-likeness (QED) is 0.780. The van der Waals surface area contributed by atoms with E-state index in [1.165, 1.54) is 11.1 Å². The Balaban J connectivity index is 1.85. The van der Waals surface area contributed by atoms with Gasteiger partial charge in [0.2, 0.25) is 5.75 Å². The molecular weight excluding hydrogens is 404 g/mol. The molecule has 1 aliphatic carbocycles. The summed E-state index contributed by atoms with van der Waals surface area (Å²) in [6, 6.07) is 8.64. The van der Waals surface area contributed by atoms with Crippen molar-refractivity contribution < 1.29 is 9.90 Å². The number of carbonyl (C=O) groups excluding carboxylic acids is 1. The van der Waals surface area contributed by atoms with Gasteiger partial charge in [-0.05, 0) is 42.9 Å². The Morgan fingerprint density at radius 2 is 1.91 bits per heavy atom. The van der Waals surface area contributed by atoms with Crippen molar-refractivity contribution in [3.8, 4) is 11.8 Å². The molecule has 1 atom stereocenters. The third-order valence-electron chi connectivity index (χ3n) is 7.28. The minimum atomic E-state index is -0.747. The molecule has 168 valence electrons. The van der Waals surface area contributed by atoms with E-state index >= 15 is 0 Å². The lowest BCUT2D eigenvalue weighted by Gasteiger charge is -2.36. The predicted molar refractivity (Wildman–Crippen MR) is 121 cm³/mol. The third kappa shape index (κ3) is 3.68. The van der Waals surface area contributed by atoms with E-state index in [-0.39, 0.29) is 23.1 Å². The van der Waals surface area contributed by atoms with Crippen molar-refractivity contribution in [2.45, 2.75) is 76.8 Å². The zero-order valence-corrected chi connectivity index (χ0v) is 19.0. The second-order valence-corrected chi connectivity index (χ2v) is 9.30. The van der Waals surface area contributed by atoms with Gasteiger partial charge in [-0.15, -0.1) is 0 Å². The van der Waals surface area contributed by atoms with Crippen LogP contribution in [0.3, 0.4) is 0 Å². The lowest BCUT2D eigenvalue weighted by atomic mass is 9.74.